The third-order valence-electron chi connectivity index (χ3n) is 6.86. The topological polar surface area (TPSA) is 9.23 Å². The van der Waals surface area contributed by atoms with Crippen LogP contribution < -0.4 is 4.74 Å². The van der Waals surface area contributed by atoms with Gasteiger partial charge in [-0.3, -0.25) is 0 Å². The van der Waals surface area contributed by atoms with Crippen LogP contribution in [0.5, 0.6) is 5.75 Å². The first kappa shape index (κ1) is 29.5. The molecule has 0 fully saturated rings. The minimum Gasteiger partial charge on any atom is -0.493 e. The first-order valence-corrected chi connectivity index (χ1v) is 14.8. The average Bonchev–Trinajstić information content (AvgIpc) is 2.90. The number of hydrogen-bond acceptors (Lipinski definition) is 1. The Morgan fingerprint density at radius 2 is 1.29 bits per heavy atom. The number of benzene rings is 2. The molecule has 35 heavy (non-hydrogen) atoms. The van der Waals surface area contributed by atoms with Gasteiger partial charge in [-0.25, -0.2) is 0 Å². The standard InChI is InChI=1S/C33H49ClO/c1-2-3-4-5-6-7-8-9-10-11-12-14-20-32(29-35-33-22-15-13-16-23-33)21-18-17-19-30-24-26-31(28-34)27-25-30/h9-10,13,15-16,22-27,32H,2-8,11-12,14,17-21,28-29H2,1H3/b10-9-. The molecule has 0 spiro atoms. The maximum absolute atomic E-state index is 6.14. The first-order valence-electron chi connectivity index (χ1n) is 14.3. The lowest BCUT2D eigenvalue weighted by Crippen LogP contribution is -2.12. The van der Waals surface area contributed by atoms with E-state index in [-0.39, 0.29) is 0 Å². The van der Waals surface area contributed by atoms with E-state index in [1.54, 1.807) is 0 Å². The predicted octanol–water partition coefficient (Wildman–Crippen LogP) is 10.7. The summed E-state index contributed by atoms with van der Waals surface area (Å²) in [6, 6.07) is 19.0. The van der Waals surface area contributed by atoms with Crippen molar-refractivity contribution in [2.24, 2.45) is 5.92 Å². The van der Waals surface area contributed by atoms with Crippen LogP contribution >= 0.6 is 11.6 Å². The summed E-state index contributed by atoms with van der Waals surface area (Å²) in [6.07, 6.45) is 24.4. The number of rotatable bonds is 21. The molecule has 194 valence electrons. The lowest BCUT2D eigenvalue weighted by molar-refractivity contribution is 0.225. The molecule has 0 saturated heterocycles. The SMILES string of the molecule is CCCCCCCC/C=C\CCCCC(CCCCc1ccc(CCl)cc1)COc1ccccc1. The summed E-state index contributed by atoms with van der Waals surface area (Å²) >= 11 is 5.91. The van der Waals surface area contributed by atoms with Gasteiger partial charge in [0.2, 0.25) is 0 Å². The van der Waals surface area contributed by atoms with Gasteiger partial charge in [-0.15, -0.1) is 11.6 Å². The molecule has 2 aromatic rings. The molecule has 0 aromatic heterocycles. The summed E-state index contributed by atoms with van der Waals surface area (Å²) in [7, 11) is 0. The molecule has 0 bridgehead atoms. The Bertz CT molecular complexity index is 752. The second-order valence-electron chi connectivity index (χ2n) is 10.00. The van der Waals surface area contributed by atoms with Crippen molar-refractivity contribution in [1.29, 1.82) is 0 Å². The van der Waals surface area contributed by atoms with E-state index in [1.165, 1.54) is 101 Å². The molecule has 1 unspecified atom stereocenters. The molecule has 0 aliphatic carbocycles. The second-order valence-corrected chi connectivity index (χ2v) is 10.3. The van der Waals surface area contributed by atoms with Gasteiger partial charge in [0.25, 0.3) is 0 Å². The number of ether oxygens (including phenoxy) is 1. The molecule has 0 radical (unpaired) electrons. The Morgan fingerprint density at radius 1 is 0.686 bits per heavy atom. The van der Waals surface area contributed by atoms with Gasteiger partial charge < -0.3 is 4.74 Å². The number of unbranched alkanes of at least 4 members (excludes halogenated alkanes) is 9. The molecule has 0 amide bonds. The average molecular weight is 497 g/mol. The second kappa shape index (κ2) is 20.5. The molecule has 1 atom stereocenters. The number of alkyl halides is 1. The smallest absolute Gasteiger partial charge is 0.119 e. The van der Waals surface area contributed by atoms with Crippen LogP contribution in [0.15, 0.2) is 66.7 Å². The zero-order valence-electron chi connectivity index (χ0n) is 22.2. The van der Waals surface area contributed by atoms with E-state index in [1.807, 2.05) is 6.07 Å². The predicted molar refractivity (Wildman–Crippen MR) is 155 cm³/mol. The van der Waals surface area contributed by atoms with Gasteiger partial charge in [-0.05, 0) is 80.5 Å². The van der Waals surface area contributed by atoms with Crippen LogP contribution in [0.4, 0.5) is 0 Å². The number of halogens is 1. The Balaban J connectivity index is 1.62. The highest BCUT2D eigenvalue weighted by Crippen LogP contribution is 2.21. The van der Waals surface area contributed by atoms with Gasteiger partial charge in [0, 0.05) is 5.88 Å². The molecular formula is C33H49ClO. The molecule has 0 N–H and O–H groups in total. The third-order valence-corrected chi connectivity index (χ3v) is 7.17. The van der Waals surface area contributed by atoms with Crippen LogP contribution in [-0.4, -0.2) is 6.61 Å². The lowest BCUT2D eigenvalue weighted by Gasteiger charge is -2.18. The van der Waals surface area contributed by atoms with Crippen molar-refractivity contribution in [1.82, 2.24) is 0 Å². The highest BCUT2D eigenvalue weighted by atomic mass is 35.5. The Labute approximate surface area is 221 Å². The largest absolute Gasteiger partial charge is 0.493 e. The van der Waals surface area contributed by atoms with E-state index in [4.69, 9.17) is 16.3 Å². The summed E-state index contributed by atoms with van der Waals surface area (Å²) in [5.41, 5.74) is 2.62. The molecule has 2 heteroatoms. The maximum atomic E-state index is 6.14. The van der Waals surface area contributed by atoms with Crippen LogP contribution in [0.3, 0.4) is 0 Å². The summed E-state index contributed by atoms with van der Waals surface area (Å²) < 4.78 is 6.14. The van der Waals surface area contributed by atoms with Gasteiger partial charge in [0.15, 0.2) is 0 Å². The molecule has 0 saturated carbocycles. The molecule has 0 heterocycles. The monoisotopic (exact) mass is 496 g/mol. The number of aryl methyl sites for hydroxylation is 1. The lowest BCUT2D eigenvalue weighted by atomic mass is 9.94. The fraction of sp³-hybridized carbons (Fsp3) is 0.576. The van der Waals surface area contributed by atoms with E-state index in [9.17, 15) is 0 Å². The number of hydrogen-bond donors (Lipinski definition) is 0. The first-order chi connectivity index (χ1) is 17.3. The summed E-state index contributed by atoms with van der Waals surface area (Å²) in [5.74, 6) is 2.23. The van der Waals surface area contributed by atoms with Crippen LogP contribution in [0, 0.1) is 5.92 Å². The van der Waals surface area contributed by atoms with Gasteiger partial charge >= 0.3 is 0 Å². The van der Waals surface area contributed by atoms with Crippen molar-refractivity contribution < 1.29 is 4.74 Å². The zero-order valence-corrected chi connectivity index (χ0v) is 23.0. The summed E-state index contributed by atoms with van der Waals surface area (Å²) in [6.45, 7) is 3.12. The highest BCUT2D eigenvalue weighted by Gasteiger charge is 2.10. The number of para-hydroxylation sites is 1. The van der Waals surface area contributed by atoms with Crippen LogP contribution in [0.2, 0.25) is 0 Å². The van der Waals surface area contributed by atoms with Gasteiger partial charge in [-0.2, -0.15) is 0 Å². The van der Waals surface area contributed by atoms with Gasteiger partial charge in [-0.1, -0.05) is 106 Å². The van der Waals surface area contributed by atoms with Crippen molar-refractivity contribution >= 4 is 11.6 Å². The fourth-order valence-corrected chi connectivity index (χ4v) is 4.75. The Morgan fingerprint density at radius 3 is 1.97 bits per heavy atom. The minimum absolute atomic E-state index is 0.596. The van der Waals surface area contributed by atoms with E-state index in [2.05, 4.69) is 67.6 Å². The zero-order chi connectivity index (χ0) is 24.8. The molecule has 2 rings (SSSR count). The van der Waals surface area contributed by atoms with Crippen LogP contribution in [-0.2, 0) is 12.3 Å². The van der Waals surface area contributed by atoms with Crippen molar-refractivity contribution in [3.8, 4) is 5.75 Å². The van der Waals surface area contributed by atoms with Crippen molar-refractivity contribution in [3.05, 3.63) is 77.9 Å². The van der Waals surface area contributed by atoms with Crippen molar-refractivity contribution in [3.63, 3.8) is 0 Å². The van der Waals surface area contributed by atoms with Crippen molar-refractivity contribution in [2.45, 2.75) is 109 Å². The third kappa shape index (κ3) is 15.1. The van der Waals surface area contributed by atoms with Gasteiger partial charge in [0.1, 0.15) is 5.75 Å². The van der Waals surface area contributed by atoms with Crippen LogP contribution in [0.25, 0.3) is 0 Å². The van der Waals surface area contributed by atoms with Crippen molar-refractivity contribution in [2.75, 3.05) is 6.61 Å². The molecule has 0 aliphatic heterocycles. The normalized spacial score (nSPS) is 12.3. The quantitative estimate of drug-likeness (QED) is 0.0947. The molecular weight excluding hydrogens is 448 g/mol. The van der Waals surface area contributed by atoms with E-state index in [0.717, 1.165) is 18.8 Å². The van der Waals surface area contributed by atoms with Crippen LogP contribution in [0.1, 0.15) is 108 Å². The Kier molecular flexibility index (Phi) is 17.2. The van der Waals surface area contributed by atoms with E-state index >= 15 is 0 Å². The highest BCUT2D eigenvalue weighted by molar-refractivity contribution is 6.17. The molecule has 0 aliphatic rings. The Hall–Kier alpha value is -1.73. The molecule has 1 nitrogen and oxygen atoms in total. The minimum atomic E-state index is 0.596. The van der Waals surface area contributed by atoms with E-state index < -0.39 is 0 Å². The summed E-state index contributed by atoms with van der Waals surface area (Å²) in [4.78, 5) is 0. The number of allylic oxidation sites excluding steroid dienone is 2. The summed E-state index contributed by atoms with van der Waals surface area (Å²) in [5, 5.41) is 0. The molecule has 2 aromatic carbocycles. The maximum Gasteiger partial charge on any atom is 0.119 e. The fourth-order valence-electron chi connectivity index (χ4n) is 4.57. The van der Waals surface area contributed by atoms with E-state index in [0.29, 0.717) is 11.8 Å². The van der Waals surface area contributed by atoms with Gasteiger partial charge in [0.05, 0.1) is 6.61 Å².